The molecule has 0 bridgehead atoms. The minimum absolute atomic E-state index is 0.143. The second-order valence-corrected chi connectivity index (χ2v) is 6.79. The van der Waals surface area contributed by atoms with Crippen molar-refractivity contribution in [2.24, 2.45) is 0 Å². The van der Waals surface area contributed by atoms with Crippen LogP contribution in [-0.2, 0) is 21.3 Å². The Morgan fingerprint density at radius 3 is 2.71 bits per heavy atom. The molecular weight excluding hydrogens is 329 g/mol. The highest BCUT2D eigenvalue weighted by molar-refractivity contribution is 7.89. The van der Waals surface area contributed by atoms with Crippen LogP contribution in [0.15, 0.2) is 16.3 Å². The lowest BCUT2D eigenvalue weighted by molar-refractivity contribution is -0.173. The lowest BCUT2D eigenvalue weighted by Crippen LogP contribution is -2.29. The molecule has 21 heavy (non-hydrogen) atoms. The van der Waals surface area contributed by atoms with Crippen LogP contribution in [0, 0.1) is 0 Å². The van der Waals surface area contributed by atoms with E-state index in [1.165, 1.54) is 17.4 Å². The molecule has 0 aliphatic carbocycles. The Labute approximate surface area is 125 Å². The average molecular weight is 346 g/mol. The Balaban J connectivity index is 2.48. The van der Waals surface area contributed by atoms with Crippen molar-refractivity contribution in [2.45, 2.75) is 24.5 Å². The van der Waals surface area contributed by atoms with E-state index < -0.39 is 22.8 Å². The van der Waals surface area contributed by atoms with Crippen molar-refractivity contribution >= 4 is 21.4 Å². The van der Waals surface area contributed by atoms with Crippen LogP contribution in [0.1, 0.15) is 11.8 Å². The van der Waals surface area contributed by atoms with Crippen LogP contribution >= 0.6 is 11.3 Å². The van der Waals surface area contributed by atoms with Gasteiger partial charge in [0, 0.05) is 18.0 Å². The summed E-state index contributed by atoms with van der Waals surface area (Å²) in [5.41, 5.74) is 0. The first-order valence-electron chi connectivity index (χ1n) is 6.17. The van der Waals surface area contributed by atoms with Crippen molar-refractivity contribution in [3.63, 3.8) is 0 Å². The first-order valence-corrected chi connectivity index (χ1v) is 8.54. The van der Waals surface area contributed by atoms with E-state index in [0.29, 0.717) is 18.0 Å². The van der Waals surface area contributed by atoms with E-state index in [4.69, 9.17) is 0 Å². The van der Waals surface area contributed by atoms with E-state index in [0.717, 1.165) is 0 Å². The molecular formula is C11H17F3N2O3S2. The molecule has 10 heteroatoms. The standard InChI is InChI=1S/C11H17F3N2O3S2/c1-2-15-7-9-10(3-6-20-9)21(17,18)16-4-5-19-8-11(12,13)14/h3,6,15-16H,2,4-5,7-8H2,1H3. The lowest BCUT2D eigenvalue weighted by Gasteiger charge is -2.10. The van der Waals surface area contributed by atoms with Crippen LogP contribution in [0.4, 0.5) is 13.2 Å². The molecule has 0 saturated carbocycles. The average Bonchev–Trinajstić information content (AvgIpc) is 2.83. The molecule has 1 aromatic heterocycles. The smallest absolute Gasteiger partial charge is 0.371 e. The first-order chi connectivity index (χ1) is 9.76. The Kier molecular flexibility index (Phi) is 7.07. The highest BCUT2D eigenvalue weighted by atomic mass is 32.2. The molecule has 0 aromatic carbocycles. The van der Waals surface area contributed by atoms with Crippen molar-refractivity contribution in [1.29, 1.82) is 0 Å². The van der Waals surface area contributed by atoms with Gasteiger partial charge in [0.15, 0.2) is 0 Å². The van der Waals surface area contributed by atoms with Crippen LogP contribution in [-0.4, -0.2) is 40.9 Å². The van der Waals surface area contributed by atoms with Gasteiger partial charge < -0.3 is 10.1 Å². The van der Waals surface area contributed by atoms with Crippen molar-refractivity contribution < 1.29 is 26.3 Å². The van der Waals surface area contributed by atoms with Gasteiger partial charge in [-0.05, 0) is 18.0 Å². The third-order valence-electron chi connectivity index (χ3n) is 2.33. The SMILES string of the molecule is CCNCc1sccc1S(=O)(=O)NCCOCC(F)(F)F. The first kappa shape index (κ1) is 18.4. The second-order valence-electron chi connectivity index (χ2n) is 4.05. The fourth-order valence-electron chi connectivity index (χ4n) is 1.45. The van der Waals surface area contributed by atoms with Crippen molar-refractivity contribution in [3.8, 4) is 0 Å². The monoisotopic (exact) mass is 346 g/mol. The van der Waals surface area contributed by atoms with Crippen molar-refractivity contribution in [2.75, 3.05) is 26.3 Å². The maximum absolute atomic E-state index is 12.0. The molecule has 0 spiro atoms. The van der Waals surface area contributed by atoms with Gasteiger partial charge >= 0.3 is 6.18 Å². The van der Waals surface area contributed by atoms with Crippen LogP contribution in [0.3, 0.4) is 0 Å². The van der Waals surface area contributed by atoms with Crippen LogP contribution in [0.25, 0.3) is 0 Å². The van der Waals surface area contributed by atoms with Gasteiger partial charge in [-0.1, -0.05) is 6.92 Å². The van der Waals surface area contributed by atoms with Gasteiger partial charge in [-0.2, -0.15) is 13.2 Å². The number of sulfonamides is 1. The van der Waals surface area contributed by atoms with Gasteiger partial charge in [0.05, 0.1) is 11.5 Å². The number of thiophene rings is 1. The zero-order chi connectivity index (χ0) is 15.9. The molecule has 0 amide bonds. The topological polar surface area (TPSA) is 67.4 Å². The Bertz CT molecular complexity index is 529. The quantitative estimate of drug-likeness (QED) is 0.668. The predicted octanol–water partition coefficient (Wildman–Crippen LogP) is 1.71. The molecule has 0 saturated heterocycles. The number of nitrogens with one attached hydrogen (secondary N) is 2. The van der Waals surface area contributed by atoms with Crippen LogP contribution in [0.5, 0.6) is 0 Å². The number of halogens is 3. The fourth-order valence-corrected chi connectivity index (χ4v) is 3.87. The fraction of sp³-hybridized carbons (Fsp3) is 0.636. The molecule has 2 N–H and O–H groups in total. The largest absolute Gasteiger partial charge is 0.411 e. The van der Waals surface area contributed by atoms with Gasteiger partial charge in [-0.25, -0.2) is 13.1 Å². The van der Waals surface area contributed by atoms with Crippen molar-refractivity contribution in [1.82, 2.24) is 10.0 Å². The molecule has 1 rings (SSSR count). The van der Waals surface area contributed by atoms with Crippen LogP contribution < -0.4 is 10.0 Å². The molecule has 0 unspecified atom stereocenters. The van der Waals surface area contributed by atoms with E-state index in [-0.39, 0.29) is 18.0 Å². The van der Waals surface area contributed by atoms with Gasteiger partial charge in [0.25, 0.3) is 0 Å². The molecule has 5 nitrogen and oxygen atoms in total. The summed E-state index contributed by atoms with van der Waals surface area (Å²) >= 11 is 1.30. The summed E-state index contributed by atoms with van der Waals surface area (Å²) in [6.45, 7) is 1.09. The van der Waals surface area contributed by atoms with Gasteiger partial charge in [-0.3, -0.25) is 0 Å². The third-order valence-corrected chi connectivity index (χ3v) is 4.93. The maximum atomic E-state index is 12.0. The number of hydrogen-bond acceptors (Lipinski definition) is 5. The summed E-state index contributed by atoms with van der Waals surface area (Å²) in [7, 11) is -3.73. The Morgan fingerprint density at radius 1 is 1.38 bits per heavy atom. The van der Waals surface area contributed by atoms with Gasteiger partial charge in [0.1, 0.15) is 6.61 Å². The number of alkyl halides is 3. The van der Waals surface area contributed by atoms with E-state index in [1.807, 2.05) is 6.92 Å². The molecule has 0 aliphatic rings. The van der Waals surface area contributed by atoms with Gasteiger partial charge in [-0.15, -0.1) is 11.3 Å². The zero-order valence-electron chi connectivity index (χ0n) is 11.4. The lowest BCUT2D eigenvalue weighted by atomic mass is 10.4. The number of hydrogen-bond donors (Lipinski definition) is 2. The summed E-state index contributed by atoms with van der Waals surface area (Å²) in [6.07, 6.45) is -4.41. The molecule has 1 aromatic rings. The molecule has 122 valence electrons. The number of ether oxygens (including phenoxy) is 1. The summed E-state index contributed by atoms with van der Waals surface area (Å²) in [4.78, 5) is 0.796. The van der Waals surface area contributed by atoms with E-state index in [9.17, 15) is 21.6 Å². The summed E-state index contributed by atoms with van der Waals surface area (Å²) in [5.74, 6) is 0. The highest BCUT2D eigenvalue weighted by Crippen LogP contribution is 2.21. The molecule has 1 heterocycles. The predicted molar refractivity (Wildman–Crippen MR) is 73.8 cm³/mol. The molecule has 0 radical (unpaired) electrons. The Hall–Kier alpha value is -0.680. The van der Waals surface area contributed by atoms with Crippen LogP contribution in [0.2, 0.25) is 0 Å². The summed E-state index contributed by atoms with van der Waals surface area (Å²) < 4.78 is 66.1. The summed E-state index contributed by atoms with van der Waals surface area (Å²) in [5, 5.41) is 4.68. The minimum atomic E-state index is -4.41. The third kappa shape index (κ3) is 6.74. The highest BCUT2D eigenvalue weighted by Gasteiger charge is 2.27. The normalized spacial score (nSPS) is 12.8. The minimum Gasteiger partial charge on any atom is -0.371 e. The maximum Gasteiger partial charge on any atom is 0.411 e. The molecule has 0 aliphatic heterocycles. The van der Waals surface area contributed by atoms with E-state index in [2.05, 4.69) is 14.8 Å². The van der Waals surface area contributed by atoms with E-state index in [1.54, 1.807) is 5.38 Å². The molecule has 0 atom stereocenters. The number of rotatable bonds is 9. The van der Waals surface area contributed by atoms with E-state index >= 15 is 0 Å². The van der Waals surface area contributed by atoms with Crippen molar-refractivity contribution in [3.05, 3.63) is 16.3 Å². The summed E-state index contributed by atoms with van der Waals surface area (Å²) in [6, 6.07) is 1.47. The zero-order valence-corrected chi connectivity index (χ0v) is 13.0. The van der Waals surface area contributed by atoms with Gasteiger partial charge in [0.2, 0.25) is 10.0 Å². The second kappa shape index (κ2) is 8.08. The molecule has 0 fully saturated rings. The Morgan fingerprint density at radius 2 is 2.10 bits per heavy atom.